The van der Waals surface area contributed by atoms with Gasteiger partial charge in [0, 0.05) is 11.3 Å². The summed E-state index contributed by atoms with van der Waals surface area (Å²) in [6.45, 7) is -0.0220. The largest absolute Gasteiger partial charge is 0.392 e. The standard InChI is InChI=1S/C8H10N2OS/c9-8(12)10-7-4-2-1-3-6(7)5-11/h1-4,11H,5H2,(H3,9,10,12). The van der Waals surface area contributed by atoms with Crippen LogP contribution in [0.5, 0.6) is 0 Å². The van der Waals surface area contributed by atoms with E-state index in [1.165, 1.54) is 0 Å². The molecular weight excluding hydrogens is 172 g/mol. The van der Waals surface area contributed by atoms with Crippen LogP contribution in [0.25, 0.3) is 0 Å². The summed E-state index contributed by atoms with van der Waals surface area (Å²) < 4.78 is 0. The van der Waals surface area contributed by atoms with Crippen molar-refractivity contribution in [2.24, 2.45) is 5.73 Å². The van der Waals surface area contributed by atoms with Crippen LogP contribution in [0.1, 0.15) is 5.56 Å². The normalized spacial score (nSPS) is 9.42. The average molecular weight is 182 g/mol. The van der Waals surface area contributed by atoms with Gasteiger partial charge in [-0.25, -0.2) is 0 Å². The Labute approximate surface area is 76.2 Å². The van der Waals surface area contributed by atoms with E-state index in [9.17, 15) is 0 Å². The monoisotopic (exact) mass is 182 g/mol. The first-order chi connectivity index (χ1) is 5.74. The molecule has 12 heavy (non-hydrogen) atoms. The summed E-state index contributed by atoms with van der Waals surface area (Å²) in [6.07, 6.45) is 0. The number of aliphatic hydroxyl groups is 1. The SMILES string of the molecule is NC(=S)Nc1ccccc1CO. The molecule has 0 aliphatic rings. The molecule has 1 aromatic carbocycles. The number of hydrogen-bond donors (Lipinski definition) is 3. The van der Waals surface area contributed by atoms with Crippen LogP contribution in [-0.2, 0) is 6.61 Å². The van der Waals surface area contributed by atoms with Gasteiger partial charge < -0.3 is 16.2 Å². The molecule has 1 rings (SSSR count). The van der Waals surface area contributed by atoms with Crippen LogP contribution in [0.3, 0.4) is 0 Å². The predicted molar refractivity (Wildman–Crippen MR) is 52.8 cm³/mol. The first-order valence-electron chi connectivity index (χ1n) is 3.49. The maximum atomic E-state index is 8.91. The molecule has 0 atom stereocenters. The second-order valence-corrected chi connectivity index (χ2v) is 2.74. The topological polar surface area (TPSA) is 58.3 Å². The third kappa shape index (κ3) is 2.18. The molecule has 0 aliphatic heterocycles. The number of nitrogens with one attached hydrogen (secondary N) is 1. The molecule has 3 nitrogen and oxygen atoms in total. The van der Waals surface area contributed by atoms with Crippen molar-refractivity contribution in [3.8, 4) is 0 Å². The first-order valence-corrected chi connectivity index (χ1v) is 3.90. The van der Waals surface area contributed by atoms with Gasteiger partial charge in [-0.3, -0.25) is 0 Å². The lowest BCUT2D eigenvalue weighted by Crippen LogP contribution is -2.19. The molecule has 0 fully saturated rings. The molecule has 64 valence electrons. The molecule has 0 saturated heterocycles. The van der Waals surface area contributed by atoms with Gasteiger partial charge in [0.25, 0.3) is 0 Å². The van der Waals surface area contributed by atoms with E-state index in [0.29, 0.717) is 0 Å². The van der Waals surface area contributed by atoms with E-state index < -0.39 is 0 Å². The second-order valence-electron chi connectivity index (χ2n) is 2.30. The van der Waals surface area contributed by atoms with Crippen molar-refractivity contribution >= 4 is 23.0 Å². The Kier molecular flexibility index (Phi) is 3.01. The quantitative estimate of drug-likeness (QED) is 0.593. The number of hydrogen-bond acceptors (Lipinski definition) is 2. The lowest BCUT2D eigenvalue weighted by atomic mass is 10.2. The van der Waals surface area contributed by atoms with Gasteiger partial charge in [-0.15, -0.1) is 0 Å². The van der Waals surface area contributed by atoms with Crippen molar-refractivity contribution in [1.82, 2.24) is 0 Å². The third-order valence-electron chi connectivity index (χ3n) is 1.45. The predicted octanol–water partition coefficient (Wildman–Crippen LogP) is 0.834. The van der Waals surface area contributed by atoms with E-state index in [1.807, 2.05) is 18.2 Å². The Morgan fingerprint density at radius 2 is 2.17 bits per heavy atom. The number of benzene rings is 1. The Morgan fingerprint density at radius 3 is 2.75 bits per heavy atom. The van der Waals surface area contributed by atoms with Gasteiger partial charge in [-0.2, -0.15) is 0 Å². The van der Waals surface area contributed by atoms with Crippen molar-refractivity contribution in [2.45, 2.75) is 6.61 Å². The zero-order valence-electron chi connectivity index (χ0n) is 6.45. The van der Waals surface area contributed by atoms with Crippen molar-refractivity contribution in [3.63, 3.8) is 0 Å². The van der Waals surface area contributed by atoms with Crippen molar-refractivity contribution in [3.05, 3.63) is 29.8 Å². The van der Waals surface area contributed by atoms with E-state index in [-0.39, 0.29) is 11.7 Å². The van der Waals surface area contributed by atoms with Crippen molar-refractivity contribution in [1.29, 1.82) is 0 Å². The number of aliphatic hydroxyl groups excluding tert-OH is 1. The summed E-state index contributed by atoms with van der Waals surface area (Å²) in [5.74, 6) is 0. The molecule has 1 aromatic rings. The minimum Gasteiger partial charge on any atom is -0.392 e. The van der Waals surface area contributed by atoms with E-state index >= 15 is 0 Å². The fourth-order valence-corrected chi connectivity index (χ4v) is 1.02. The molecule has 0 spiro atoms. The van der Waals surface area contributed by atoms with Gasteiger partial charge in [0.15, 0.2) is 5.11 Å². The highest BCUT2D eigenvalue weighted by Crippen LogP contribution is 2.13. The van der Waals surface area contributed by atoms with E-state index in [2.05, 4.69) is 17.5 Å². The summed E-state index contributed by atoms with van der Waals surface area (Å²) in [6, 6.07) is 7.31. The van der Waals surface area contributed by atoms with Gasteiger partial charge in [0.05, 0.1) is 6.61 Å². The maximum Gasteiger partial charge on any atom is 0.168 e. The molecule has 0 aromatic heterocycles. The van der Waals surface area contributed by atoms with Crippen LogP contribution < -0.4 is 11.1 Å². The second kappa shape index (κ2) is 4.04. The van der Waals surface area contributed by atoms with Crippen LogP contribution in [0.2, 0.25) is 0 Å². The highest BCUT2D eigenvalue weighted by Gasteiger charge is 1.98. The van der Waals surface area contributed by atoms with E-state index in [4.69, 9.17) is 10.8 Å². The molecule has 0 heterocycles. The Bertz CT molecular complexity index is 288. The Balaban J connectivity index is 2.89. The van der Waals surface area contributed by atoms with Crippen LogP contribution >= 0.6 is 12.2 Å². The lowest BCUT2D eigenvalue weighted by molar-refractivity contribution is 0.282. The molecule has 0 amide bonds. The number of anilines is 1. The summed E-state index contributed by atoms with van der Waals surface area (Å²) in [4.78, 5) is 0. The van der Waals surface area contributed by atoms with Gasteiger partial charge >= 0.3 is 0 Å². The molecule has 0 saturated carbocycles. The summed E-state index contributed by atoms with van der Waals surface area (Å²) in [7, 11) is 0. The van der Waals surface area contributed by atoms with Gasteiger partial charge in [-0.05, 0) is 18.3 Å². The fraction of sp³-hybridized carbons (Fsp3) is 0.125. The Hall–Kier alpha value is -1.13. The third-order valence-corrected chi connectivity index (χ3v) is 1.55. The molecule has 0 radical (unpaired) electrons. The minimum absolute atomic E-state index is 0.0220. The number of thiocarbonyl (C=S) groups is 1. The van der Waals surface area contributed by atoms with Crippen LogP contribution in [0, 0.1) is 0 Å². The summed E-state index contributed by atoms with van der Waals surface area (Å²) in [5, 5.41) is 11.9. The molecule has 0 aliphatic carbocycles. The summed E-state index contributed by atoms with van der Waals surface area (Å²) >= 11 is 4.67. The van der Waals surface area contributed by atoms with Gasteiger partial charge in [0.2, 0.25) is 0 Å². The van der Waals surface area contributed by atoms with Crippen molar-refractivity contribution < 1.29 is 5.11 Å². The zero-order valence-corrected chi connectivity index (χ0v) is 7.27. The molecule has 4 N–H and O–H groups in total. The first kappa shape index (κ1) is 8.96. The highest BCUT2D eigenvalue weighted by atomic mass is 32.1. The van der Waals surface area contributed by atoms with E-state index in [1.54, 1.807) is 6.07 Å². The zero-order chi connectivity index (χ0) is 8.97. The van der Waals surface area contributed by atoms with Crippen LogP contribution in [0.15, 0.2) is 24.3 Å². The van der Waals surface area contributed by atoms with Gasteiger partial charge in [-0.1, -0.05) is 18.2 Å². The van der Waals surface area contributed by atoms with Gasteiger partial charge in [0.1, 0.15) is 0 Å². The lowest BCUT2D eigenvalue weighted by Gasteiger charge is -2.07. The maximum absolute atomic E-state index is 8.91. The molecule has 0 unspecified atom stereocenters. The van der Waals surface area contributed by atoms with E-state index in [0.717, 1.165) is 11.3 Å². The smallest absolute Gasteiger partial charge is 0.168 e. The highest BCUT2D eigenvalue weighted by molar-refractivity contribution is 7.80. The minimum atomic E-state index is -0.0220. The molecule has 0 bridgehead atoms. The molecule has 4 heteroatoms. The number of rotatable bonds is 2. The average Bonchev–Trinajstić information content (AvgIpc) is 2.04. The molecular formula is C8H10N2OS. The fourth-order valence-electron chi connectivity index (χ4n) is 0.913. The number of nitrogens with two attached hydrogens (primary N) is 1. The van der Waals surface area contributed by atoms with Crippen molar-refractivity contribution in [2.75, 3.05) is 5.32 Å². The van der Waals surface area contributed by atoms with Crippen LogP contribution in [-0.4, -0.2) is 10.2 Å². The number of para-hydroxylation sites is 1. The summed E-state index contributed by atoms with van der Waals surface area (Å²) in [5.41, 5.74) is 6.83. The van der Waals surface area contributed by atoms with Crippen LogP contribution in [0.4, 0.5) is 5.69 Å². The Morgan fingerprint density at radius 1 is 1.50 bits per heavy atom.